The van der Waals surface area contributed by atoms with Gasteiger partial charge in [0.05, 0.1) is 7.11 Å². The number of benzene rings is 1. The first-order valence-corrected chi connectivity index (χ1v) is 6.07. The van der Waals surface area contributed by atoms with Gasteiger partial charge < -0.3 is 18.8 Å². The summed E-state index contributed by atoms with van der Waals surface area (Å²) in [5.74, 6) is 1.25. The molecular formula is C11H9O5S-. The molecule has 2 aliphatic rings. The zero-order valence-corrected chi connectivity index (χ0v) is 9.73. The molecule has 90 valence electrons. The lowest BCUT2D eigenvalue weighted by molar-refractivity contribution is 0.178. The molecule has 0 saturated carbocycles. The average Bonchev–Trinajstić information content (AvgIpc) is 3.05. The van der Waals surface area contributed by atoms with Crippen molar-refractivity contribution < 1.29 is 23.0 Å². The van der Waals surface area contributed by atoms with Crippen LogP contribution >= 0.6 is 0 Å². The lowest BCUT2D eigenvalue weighted by Crippen LogP contribution is -2.06. The number of hydrogen-bond donors (Lipinski definition) is 0. The fourth-order valence-electron chi connectivity index (χ4n) is 1.77. The molecule has 0 amide bonds. The first-order valence-electron chi connectivity index (χ1n) is 5.00. The minimum absolute atomic E-state index is 0.210. The molecule has 3 rings (SSSR count). The van der Waals surface area contributed by atoms with E-state index in [2.05, 4.69) is 0 Å². The van der Waals surface area contributed by atoms with Crippen LogP contribution in [0.1, 0.15) is 5.56 Å². The van der Waals surface area contributed by atoms with Gasteiger partial charge in [0.2, 0.25) is 6.29 Å². The third-order valence-electron chi connectivity index (χ3n) is 2.68. The van der Waals surface area contributed by atoms with Crippen molar-refractivity contribution in [2.24, 2.45) is 0 Å². The lowest BCUT2D eigenvalue weighted by atomic mass is 10.1. The molecule has 1 saturated heterocycles. The van der Waals surface area contributed by atoms with Crippen molar-refractivity contribution in [2.75, 3.05) is 7.11 Å². The predicted octanol–water partition coefficient (Wildman–Crippen LogP) is 1.03. The highest BCUT2D eigenvalue weighted by Crippen LogP contribution is 2.40. The van der Waals surface area contributed by atoms with Gasteiger partial charge in [0.15, 0.2) is 6.10 Å². The Morgan fingerprint density at radius 2 is 2.29 bits per heavy atom. The second-order valence-electron chi connectivity index (χ2n) is 3.73. The topological polar surface area (TPSA) is 71.1 Å². The van der Waals surface area contributed by atoms with Crippen molar-refractivity contribution >= 4 is 17.2 Å². The van der Waals surface area contributed by atoms with Crippen molar-refractivity contribution in [3.05, 3.63) is 28.7 Å². The molecule has 0 radical (unpaired) electrons. The van der Waals surface area contributed by atoms with Gasteiger partial charge in [0, 0.05) is 10.5 Å². The minimum atomic E-state index is -2.30. The Morgan fingerprint density at radius 3 is 3.00 bits per heavy atom. The number of ether oxygens (including phenoxy) is 3. The second-order valence-corrected chi connectivity index (χ2v) is 4.67. The quantitative estimate of drug-likeness (QED) is 0.581. The molecule has 17 heavy (non-hydrogen) atoms. The van der Waals surface area contributed by atoms with E-state index in [1.165, 1.54) is 0 Å². The van der Waals surface area contributed by atoms with Crippen LogP contribution in [0.5, 0.6) is 11.5 Å². The number of methoxy groups -OCH3 is 1. The summed E-state index contributed by atoms with van der Waals surface area (Å²) in [6.45, 7) is 0. The van der Waals surface area contributed by atoms with Gasteiger partial charge in [-0.05, 0) is 35.4 Å². The van der Waals surface area contributed by atoms with E-state index in [1.807, 2.05) is 0 Å². The van der Waals surface area contributed by atoms with E-state index in [9.17, 15) is 8.76 Å². The van der Waals surface area contributed by atoms with Crippen molar-refractivity contribution in [3.63, 3.8) is 0 Å². The van der Waals surface area contributed by atoms with Gasteiger partial charge in [-0.2, -0.15) is 0 Å². The average molecular weight is 253 g/mol. The number of epoxide rings is 1. The zero-order valence-electron chi connectivity index (χ0n) is 8.91. The standard InChI is InChI=1S/C11H10O5S/c1-14-7-2-3-8-6(4-7)5-9(17(12)13)10-11(15-8)16-10/h2-5,10-11H,1H3,(H,12,13)/p-1. The summed E-state index contributed by atoms with van der Waals surface area (Å²) >= 11 is -2.30. The SMILES string of the molecule is COc1ccc2c(c1)C=C(S(=O)[O-])C1OC1O2. The lowest BCUT2D eigenvalue weighted by Gasteiger charge is -2.08. The molecule has 3 unspecified atom stereocenters. The van der Waals surface area contributed by atoms with Crippen molar-refractivity contribution in [1.82, 2.24) is 0 Å². The normalized spacial score (nSPS) is 26.8. The summed E-state index contributed by atoms with van der Waals surface area (Å²) in [5, 5.41) is 0. The second kappa shape index (κ2) is 3.83. The number of fused-ring (bicyclic) bond motifs is 2. The van der Waals surface area contributed by atoms with E-state index < -0.39 is 23.5 Å². The monoisotopic (exact) mass is 253 g/mol. The molecule has 1 aromatic rings. The highest BCUT2D eigenvalue weighted by atomic mass is 32.2. The molecule has 6 heteroatoms. The Morgan fingerprint density at radius 1 is 1.47 bits per heavy atom. The smallest absolute Gasteiger partial charge is 0.232 e. The summed E-state index contributed by atoms with van der Waals surface area (Å²) in [7, 11) is 1.55. The van der Waals surface area contributed by atoms with Crippen LogP contribution in [0, 0.1) is 0 Å². The van der Waals surface area contributed by atoms with E-state index in [-0.39, 0.29) is 4.91 Å². The molecule has 0 bridgehead atoms. The van der Waals surface area contributed by atoms with E-state index >= 15 is 0 Å². The van der Waals surface area contributed by atoms with Crippen molar-refractivity contribution in [3.8, 4) is 11.5 Å². The highest BCUT2D eigenvalue weighted by molar-refractivity contribution is 7.83. The van der Waals surface area contributed by atoms with Crippen molar-refractivity contribution in [2.45, 2.75) is 12.4 Å². The summed E-state index contributed by atoms with van der Waals surface area (Å²) in [6.07, 6.45) is 0.582. The zero-order chi connectivity index (χ0) is 12.0. The Kier molecular flexibility index (Phi) is 2.43. The van der Waals surface area contributed by atoms with E-state index in [1.54, 1.807) is 31.4 Å². The van der Waals surface area contributed by atoms with Gasteiger partial charge in [0.1, 0.15) is 11.5 Å². The molecule has 5 nitrogen and oxygen atoms in total. The van der Waals surface area contributed by atoms with Gasteiger partial charge in [-0.3, -0.25) is 4.21 Å². The van der Waals surface area contributed by atoms with Gasteiger partial charge in [-0.15, -0.1) is 0 Å². The molecular weight excluding hydrogens is 244 g/mol. The maximum absolute atomic E-state index is 11.1. The largest absolute Gasteiger partial charge is 0.769 e. The van der Waals surface area contributed by atoms with Crippen LogP contribution in [0.2, 0.25) is 0 Å². The molecule has 0 aliphatic carbocycles. The van der Waals surface area contributed by atoms with Gasteiger partial charge in [-0.25, -0.2) is 0 Å². The van der Waals surface area contributed by atoms with Crippen molar-refractivity contribution in [1.29, 1.82) is 0 Å². The van der Waals surface area contributed by atoms with Crippen LogP contribution in [-0.4, -0.2) is 28.3 Å². The third kappa shape index (κ3) is 1.84. The molecule has 3 atom stereocenters. The molecule has 0 spiro atoms. The number of rotatable bonds is 2. The first-order chi connectivity index (χ1) is 8.19. The van der Waals surface area contributed by atoms with Gasteiger partial charge in [-0.1, -0.05) is 0 Å². The summed E-state index contributed by atoms with van der Waals surface area (Å²) < 4.78 is 37.9. The Balaban J connectivity index is 2.09. The van der Waals surface area contributed by atoms with Crippen LogP contribution in [0.4, 0.5) is 0 Å². The summed E-state index contributed by atoms with van der Waals surface area (Å²) in [6, 6.07) is 5.22. The molecule has 0 N–H and O–H groups in total. The van der Waals surface area contributed by atoms with E-state index in [0.29, 0.717) is 17.1 Å². The maximum atomic E-state index is 11.1. The minimum Gasteiger partial charge on any atom is -0.769 e. The first kappa shape index (κ1) is 10.8. The van der Waals surface area contributed by atoms with Crippen LogP contribution in [0.25, 0.3) is 6.08 Å². The fraction of sp³-hybridized carbons (Fsp3) is 0.273. The Labute approximate surface area is 100 Å². The fourth-order valence-corrected chi connectivity index (χ4v) is 2.35. The van der Waals surface area contributed by atoms with Crippen LogP contribution in [0.3, 0.4) is 0 Å². The van der Waals surface area contributed by atoms with Crippen LogP contribution < -0.4 is 9.47 Å². The summed E-state index contributed by atoms with van der Waals surface area (Å²) in [5.41, 5.74) is 0.680. The van der Waals surface area contributed by atoms with Gasteiger partial charge in [0.25, 0.3) is 0 Å². The molecule has 0 aromatic heterocycles. The molecule has 2 aliphatic heterocycles. The third-order valence-corrected chi connectivity index (χ3v) is 3.42. The predicted molar refractivity (Wildman–Crippen MR) is 59.2 cm³/mol. The summed E-state index contributed by atoms with van der Waals surface area (Å²) in [4.78, 5) is 0.210. The Hall–Kier alpha value is -1.37. The molecule has 1 aromatic carbocycles. The van der Waals surface area contributed by atoms with E-state index in [4.69, 9.17) is 14.2 Å². The Bertz CT molecular complexity index is 525. The molecule has 2 heterocycles. The van der Waals surface area contributed by atoms with Gasteiger partial charge >= 0.3 is 0 Å². The van der Waals surface area contributed by atoms with Crippen LogP contribution in [-0.2, 0) is 15.8 Å². The number of hydrogen-bond acceptors (Lipinski definition) is 5. The van der Waals surface area contributed by atoms with Crippen LogP contribution in [0.15, 0.2) is 23.1 Å². The van der Waals surface area contributed by atoms with E-state index in [0.717, 1.165) is 0 Å². The molecule has 1 fully saturated rings. The highest BCUT2D eigenvalue weighted by Gasteiger charge is 2.46. The maximum Gasteiger partial charge on any atom is 0.232 e.